The molecule has 0 N–H and O–H groups in total. The Bertz CT molecular complexity index is 3380. The van der Waals surface area contributed by atoms with Gasteiger partial charge in [-0.3, -0.25) is 19.9 Å². The molecule has 4 heterocycles. The second-order valence-electron chi connectivity index (χ2n) is 18.2. The van der Waals surface area contributed by atoms with Crippen molar-refractivity contribution in [3.8, 4) is 0 Å². The van der Waals surface area contributed by atoms with E-state index < -0.39 is 0 Å². The molecule has 0 bridgehead atoms. The van der Waals surface area contributed by atoms with Gasteiger partial charge in [0.15, 0.2) is 0 Å². The van der Waals surface area contributed by atoms with Crippen LogP contribution in [0.1, 0.15) is 22.3 Å². The van der Waals surface area contributed by atoms with Crippen molar-refractivity contribution >= 4 is 101 Å². The number of para-hydroxylation sites is 4. The Labute approximate surface area is 419 Å². The van der Waals surface area contributed by atoms with Gasteiger partial charge in [-0.2, -0.15) is 0 Å². The maximum atomic E-state index is 4.75. The van der Waals surface area contributed by atoms with Crippen LogP contribution in [0.25, 0.3) is 32.3 Å². The van der Waals surface area contributed by atoms with E-state index in [1.54, 1.807) is 0 Å². The summed E-state index contributed by atoms with van der Waals surface area (Å²) < 4.78 is 0. The number of nitrogens with zero attached hydrogens (tertiary/aromatic N) is 8. The summed E-state index contributed by atoms with van der Waals surface area (Å²) in [6, 6.07) is 65.0. The van der Waals surface area contributed by atoms with Gasteiger partial charge in [-0.15, -0.1) is 0 Å². The Morgan fingerprint density at radius 2 is 0.472 bits per heavy atom. The van der Waals surface area contributed by atoms with Crippen molar-refractivity contribution in [3.05, 3.63) is 254 Å². The summed E-state index contributed by atoms with van der Waals surface area (Å²) in [6.07, 6.45) is 15.4. The Hall–Kier alpha value is -9.40. The van der Waals surface area contributed by atoms with Crippen LogP contribution in [0.4, 0.5) is 68.2 Å². The molecule has 0 amide bonds. The molecule has 72 heavy (non-hydrogen) atoms. The van der Waals surface area contributed by atoms with E-state index in [4.69, 9.17) is 19.9 Å². The molecule has 0 spiro atoms. The van der Waals surface area contributed by atoms with Gasteiger partial charge in [0.05, 0.1) is 70.3 Å². The second-order valence-corrected chi connectivity index (χ2v) is 18.2. The predicted molar refractivity (Wildman–Crippen MR) is 299 cm³/mol. The highest BCUT2D eigenvalue weighted by atomic mass is 15.2. The molecule has 12 rings (SSSR count). The first-order chi connectivity index (χ1) is 35.4. The Morgan fingerprint density at radius 3 is 0.681 bits per heavy atom. The van der Waals surface area contributed by atoms with Crippen LogP contribution >= 0.6 is 0 Å². The fourth-order valence-corrected chi connectivity index (χ4v) is 10.4. The van der Waals surface area contributed by atoms with Gasteiger partial charge >= 0.3 is 0 Å². The van der Waals surface area contributed by atoms with E-state index >= 15 is 0 Å². The lowest BCUT2D eigenvalue weighted by Gasteiger charge is -2.35. The van der Waals surface area contributed by atoms with Crippen LogP contribution in [-0.4, -0.2) is 19.9 Å². The SMILES string of the molecule is Cc1ccncc1N(c1ccccc1)c1cc(N(c2ccccc2)c2cnccc2C)c2ccc3c(N(c4ccccc4)c4cnccc4C)cc(N(c4ccccc4)c4cnccc4C)c4ccc1c2c43. The maximum absolute atomic E-state index is 4.75. The lowest BCUT2D eigenvalue weighted by molar-refractivity contribution is 1.18. The molecule has 346 valence electrons. The van der Waals surface area contributed by atoms with E-state index in [1.165, 1.54) is 0 Å². The zero-order chi connectivity index (χ0) is 48.7. The minimum absolute atomic E-state index is 0.986. The standard InChI is InChI=1S/C64H50N8/c1-43-29-33-65-39-59(43)69(47-17-9-5-10-18-47)55-37-56(70(48-19-11-6-12-20-48)60-40-66-34-30-44(60)2)52-27-28-54-58(72(50-23-15-8-16-24-50)62-42-68-36-32-46(62)4)38-57(53-26-25-51(55)63(52)64(53)54)71(49-21-13-7-14-22-49)61-41-67-35-31-45(61)3/h5-42H,1-4H3. The predicted octanol–water partition coefficient (Wildman–Crippen LogP) is 17.3. The first-order valence-electron chi connectivity index (χ1n) is 24.3. The van der Waals surface area contributed by atoms with E-state index in [0.29, 0.717) is 0 Å². The summed E-state index contributed by atoms with van der Waals surface area (Å²) in [5, 5.41) is 6.60. The number of anilines is 12. The monoisotopic (exact) mass is 930 g/mol. The Kier molecular flexibility index (Phi) is 11.3. The third kappa shape index (κ3) is 7.57. The normalized spacial score (nSPS) is 11.3. The number of hydrogen-bond acceptors (Lipinski definition) is 8. The first kappa shape index (κ1) is 43.9. The lowest BCUT2D eigenvalue weighted by atomic mass is 9.89. The van der Waals surface area contributed by atoms with Crippen LogP contribution < -0.4 is 19.6 Å². The molecule has 12 aromatic rings. The third-order valence-corrected chi connectivity index (χ3v) is 13.8. The largest absolute Gasteiger partial charge is 0.308 e. The van der Waals surface area contributed by atoms with E-state index in [1.807, 2.05) is 49.6 Å². The molecule has 8 nitrogen and oxygen atoms in total. The molecule has 0 aliphatic rings. The summed E-state index contributed by atoms with van der Waals surface area (Å²) in [4.78, 5) is 28.5. The Balaban J connectivity index is 1.31. The molecule has 0 radical (unpaired) electrons. The van der Waals surface area contributed by atoms with Crippen LogP contribution in [0.3, 0.4) is 0 Å². The van der Waals surface area contributed by atoms with Crippen molar-refractivity contribution in [2.45, 2.75) is 27.7 Å². The fraction of sp³-hybridized carbons (Fsp3) is 0.0625. The average Bonchev–Trinajstić information content (AvgIpc) is 3.42. The number of benzene rings is 8. The van der Waals surface area contributed by atoms with Crippen molar-refractivity contribution in [3.63, 3.8) is 0 Å². The quantitative estimate of drug-likeness (QED) is 0.112. The van der Waals surface area contributed by atoms with Crippen molar-refractivity contribution in [1.82, 2.24) is 19.9 Å². The van der Waals surface area contributed by atoms with E-state index in [-0.39, 0.29) is 0 Å². The minimum Gasteiger partial charge on any atom is -0.308 e. The summed E-state index contributed by atoms with van der Waals surface area (Å²) in [7, 11) is 0. The zero-order valence-electron chi connectivity index (χ0n) is 40.5. The molecule has 0 fully saturated rings. The van der Waals surface area contributed by atoms with Gasteiger partial charge in [0.25, 0.3) is 0 Å². The topological polar surface area (TPSA) is 64.5 Å². The van der Waals surface area contributed by atoms with E-state index in [2.05, 4.69) is 229 Å². The lowest BCUT2D eigenvalue weighted by Crippen LogP contribution is -2.17. The molecule has 0 saturated carbocycles. The van der Waals surface area contributed by atoms with Gasteiger partial charge in [0, 0.05) is 79.9 Å². The van der Waals surface area contributed by atoms with Crippen molar-refractivity contribution < 1.29 is 0 Å². The molecule has 0 aliphatic carbocycles. The maximum Gasteiger partial charge on any atom is 0.0674 e. The smallest absolute Gasteiger partial charge is 0.0674 e. The molecule has 8 aromatic carbocycles. The molecule has 0 saturated heterocycles. The van der Waals surface area contributed by atoms with Gasteiger partial charge < -0.3 is 19.6 Å². The Morgan fingerprint density at radius 1 is 0.250 bits per heavy atom. The third-order valence-electron chi connectivity index (χ3n) is 13.8. The van der Waals surface area contributed by atoms with Gasteiger partial charge in [-0.25, -0.2) is 0 Å². The molecule has 4 aromatic heterocycles. The zero-order valence-corrected chi connectivity index (χ0v) is 40.5. The van der Waals surface area contributed by atoms with E-state index in [0.717, 1.165) is 123 Å². The molecule has 0 aliphatic heterocycles. The number of aromatic nitrogens is 4. The van der Waals surface area contributed by atoms with Crippen LogP contribution in [0.5, 0.6) is 0 Å². The number of hydrogen-bond donors (Lipinski definition) is 0. The van der Waals surface area contributed by atoms with Crippen LogP contribution in [-0.2, 0) is 0 Å². The van der Waals surface area contributed by atoms with Crippen molar-refractivity contribution in [1.29, 1.82) is 0 Å². The van der Waals surface area contributed by atoms with E-state index in [9.17, 15) is 0 Å². The number of aryl methyl sites for hydroxylation is 4. The van der Waals surface area contributed by atoms with Gasteiger partial charge in [0.1, 0.15) is 0 Å². The molecular formula is C64H50N8. The minimum atomic E-state index is 0.986. The highest BCUT2D eigenvalue weighted by Gasteiger charge is 2.30. The van der Waals surface area contributed by atoms with Gasteiger partial charge in [0.2, 0.25) is 0 Å². The molecule has 0 atom stereocenters. The van der Waals surface area contributed by atoms with Crippen molar-refractivity contribution in [2.75, 3.05) is 19.6 Å². The second kappa shape index (κ2) is 18.5. The summed E-state index contributed by atoms with van der Waals surface area (Å²) in [6.45, 7) is 8.65. The van der Waals surface area contributed by atoms with Crippen LogP contribution in [0.15, 0.2) is 232 Å². The van der Waals surface area contributed by atoms with Crippen LogP contribution in [0.2, 0.25) is 0 Å². The fourth-order valence-electron chi connectivity index (χ4n) is 10.4. The van der Waals surface area contributed by atoms with Gasteiger partial charge in [-0.1, -0.05) is 97.1 Å². The average molecular weight is 931 g/mol. The summed E-state index contributed by atoms with van der Waals surface area (Å²) in [5.74, 6) is 0. The summed E-state index contributed by atoms with van der Waals surface area (Å²) >= 11 is 0. The molecule has 0 unspecified atom stereocenters. The summed E-state index contributed by atoms with van der Waals surface area (Å²) in [5.41, 5.74) is 16.5. The van der Waals surface area contributed by atoms with Gasteiger partial charge in [-0.05, 0) is 135 Å². The number of rotatable bonds is 12. The highest BCUT2D eigenvalue weighted by Crippen LogP contribution is 2.55. The first-order valence-corrected chi connectivity index (χ1v) is 24.3. The van der Waals surface area contributed by atoms with Crippen LogP contribution in [0, 0.1) is 27.7 Å². The highest BCUT2D eigenvalue weighted by molar-refractivity contribution is 6.33. The molecular weight excluding hydrogens is 881 g/mol. The molecule has 8 heteroatoms. The number of pyridine rings is 4. The van der Waals surface area contributed by atoms with Crippen molar-refractivity contribution in [2.24, 2.45) is 0 Å².